The molecule has 0 N–H and O–H groups in total. The second kappa shape index (κ2) is 6.96. The van der Waals surface area contributed by atoms with Crippen molar-refractivity contribution in [3.8, 4) is 0 Å². The van der Waals surface area contributed by atoms with E-state index in [1.165, 1.54) is 11.6 Å². The van der Waals surface area contributed by atoms with E-state index in [9.17, 15) is 8.78 Å². The summed E-state index contributed by atoms with van der Waals surface area (Å²) in [5, 5.41) is 0.664. The first kappa shape index (κ1) is 16.8. The smallest absolute Gasteiger partial charge is 0.185 e. The van der Waals surface area contributed by atoms with Gasteiger partial charge in [0.05, 0.1) is 0 Å². The van der Waals surface area contributed by atoms with Crippen molar-refractivity contribution in [2.24, 2.45) is 0 Å². The standard InChI is InChI=1S/C20H20F2N4/c1-14-12-18(16-2-3-17(21)19(22)20(16)24-14)26-10-8-25(9-11-26)13-15-4-6-23-7-5-15/h2-7,12H,8-11,13H2,1H3. The van der Waals surface area contributed by atoms with Gasteiger partial charge in [-0.2, -0.15) is 0 Å². The zero-order chi connectivity index (χ0) is 18.1. The number of piperazine rings is 1. The molecule has 0 aliphatic carbocycles. The Labute approximate surface area is 151 Å². The highest BCUT2D eigenvalue weighted by molar-refractivity contribution is 5.92. The summed E-state index contributed by atoms with van der Waals surface area (Å²) < 4.78 is 27.7. The minimum atomic E-state index is -0.872. The van der Waals surface area contributed by atoms with Gasteiger partial charge in [-0.15, -0.1) is 0 Å². The molecule has 0 unspecified atom stereocenters. The summed E-state index contributed by atoms with van der Waals surface area (Å²) in [7, 11) is 0. The largest absolute Gasteiger partial charge is 0.368 e. The number of hydrogen-bond donors (Lipinski definition) is 0. The number of rotatable bonds is 3. The SMILES string of the molecule is Cc1cc(N2CCN(Cc3ccncc3)CC2)c2ccc(F)c(F)c2n1. The van der Waals surface area contributed by atoms with Crippen LogP contribution in [0.4, 0.5) is 14.5 Å². The third-order valence-corrected chi connectivity index (χ3v) is 4.85. The molecule has 0 bridgehead atoms. The van der Waals surface area contributed by atoms with Crippen molar-refractivity contribution in [3.63, 3.8) is 0 Å². The maximum absolute atomic E-state index is 14.2. The molecule has 1 aliphatic heterocycles. The van der Waals surface area contributed by atoms with Crippen LogP contribution in [0, 0.1) is 18.6 Å². The van der Waals surface area contributed by atoms with Crippen molar-refractivity contribution in [3.05, 3.63) is 65.6 Å². The number of aryl methyl sites for hydroxylation is 1. The van der Waals surface area contributed by atoms with E-state index in [4.69, 9.17) is 0 Å². The van der Waals surface area contributed by atoms with E-state index < -0.39 is 11.6 Å². The average Bonchev–Trinajstić information content (AvgIpc) is 2.66. The van der Waals surface area contributed by atoms with E-state index in [0.29, 0.717) is 11.1 Å². The minimum absolute atomic E-state index is 0.110. The lowest BCUT2D eigenvalue weighted by Gasteiger charge is -2.36. The predicted molar refractivity (Wildman–Crippen MR) is 98.1 cm³/mol. The minimum Gasteiger partial charge on any atom is -0.368 e. The van der Waals surface area contributed by atoms with Crippen molar-refractivity contribution < 1.29 is 8.78 Å². The summed E-state index contributed by atoms with van der Waals surface area (Å²) in [6, 6.07) is 8.82. The summed E-state index contributed by atoms with van der Waals surface area (Å²) in [5.74, 6) is -1.73. The Morgan fingerprint density at radius 1 is 1.00 bits per heavy atom. The number of pyridine rings is 2. The molecule has 1 fully saturated rings. The molecule has 4 rings (SSSR count). The molecular formula is C20H20F2N4. The third-order valence-electron chi connectivity index (χ3n) is 4.85. The summed E-state index contributed by atoms with van der Waals surface area (Å²) >= 11 is 0. The summed E-state index contributed by atoms with van der Waals surface area (Å²) in [6.45, 7) is 6.20. The van der Waals surface area contributed by atoms with E-state index >= 15 is 0 Å². The van der Waals surface area contributed by atoms with Crippen molar-refractivity contribution in [2.75, 3.05) is 31.1 Å². The molecule has 1 aromatic carbocycles. The fraction of sp³-hybridized carbons (Fsp3) is 0.300. The molecule has 134 valence electrons. The lowest BCUT2D eigenvalue weighted by Crippen LogP contribution is -2.46. The first-order valence-corrected chi connectivity index (χ1v) is 8.73. The van der Waals surface area contributed by atoms with Crippen LogP contribution in [-0.2, 0) is 6.54 Å². The Balaban J connectivity index is 1.55. The molecule has 4 nitrogen and oxygen atoms in total. The molecule has 0 saturated carbocycles. The lowest BCUT2D eigenvalue weighted by molar-refractivity contribution is 0.250. The lowest BCUT2D eigenvalue weighted by atomic mass is 10.1. The van der Waals surface area contributed by atoms with E-state index in [0.717, 1.165) is 38.4 Å². The summed E-state index contributed by atoms with van der Waals surface area (Å²) in [5.41, 5.74) is 2.97. The van der Waals surface area contributed by atoms with Crippen LogP contribution < -0.4 is 4.90 Å². The molecule has 3 aromatic rings. The Bertz CT molecular complexity index is 922. The van der Waals surface area contributed by atoms with Crippen LogP contribution in [0.3, 0.4) is 0 Å². The number of benzene rings is 1. The van der Waals surface area contributed by atoms with Gasteiger partial charge in [0, 0.05) is 61.9 Å². The van der Waals surface area contributed by atoms with Gasteiger partial charge >= 0.3 is 0 Å². The maximum Gasteiger partial charge on any atom is 0.185 e. The first-order chi connectivity index (χ1) is 12.6. The molecule has 6 heteroatoms. The first-order valence-electron chi connectivity index (χ1n) is 8.73. The molecule has 2 aromatic heterocycles. The molecule has 3 heterocycles. The fourth-order valence-corrected chi connectivity index (χ4v) is 3.50. The van der Waals surface area contributed by atoms with Crippen LogP contribution in [-0.4, -0.2) is 41.0 Å². The highest BCUT2D eigenvalue weighted by atomic mass is 19.2. The molecule has 0 amide bonds. The molecular weight excluding hydrogens is 334 g/mol. The monoisotopic (exact) mass is 354 g/mol. The number of fused-ring (bicyclic) bond motifs is 1. The van der Waals surface area contributed by atoms with Crippen LogP contribution in [0.25, 0.3) is 10.9 Å². The van der Waals surface area contributed by atoms with Crippen LogP contribution in [0.2, 0.25) is 0 Å². The van der Waals surface area contributed by atoms with Gasteiger partial charge in [0.15, 0.2) is 11.6 Å². The number of aromatic nitrogens is 2. The van der Waals surface area contributed by atoms with E-state index in [1.54, 1.807) is 6.07 Å². The van der Waals surface area contributed by atoms with Crippen molar-refractivity contribution in [1.29, 1.82) is 0 Å². The van der Waals surface area contributed by atoms with Crippen molar-refractivity contribution in [1.82, 2.24) is 14.9 Å². The average molecular weight is 354 g/mol. The van der Waals surface area contributed by atoms with Crippen LogP contribution >= 0.6 is 0 Å². The van der Waals surface area contributed by atoms with Crippen molar-refractivity contribution >= 4 is 16.6 Å². The highest BCUT2D eigenvalue weighted by Crippen LogP contribution is 2.30. The summed E-state index contributed by atoms with van der Waals surface area (Å²) in [4.78, 5) is 12.9. The van der Waals surface area contributed by atoms with Crippen LogP contribution in [0.5, 0.6) is 0 Å². The molecule has 0 spiro atoms. The zero-order valence-electron chi connectivity index (χ0n) is 14.6. The number of anilines is 1. The highest BCUT2D eigenvalue weighted by Gasteiger charge is 2.21. The van der Waals surface area contributed by atoms with E-state index in [1.807, 2.05) is 37.5 Å². The van der Waals surface area contributed by atoms with Gasteiger partial charge in [-0.1, -0.05) is 0 Å². The molecule has 1 aliphatic rings. The number of hydrogen-bond acceptors (Lipinski definition) is 4. The van der Waals surface area contributed by atoms with Gasteiger partial charge in [-0.05, 0) is 42.8 Å². The van der Waals surface area contributed by atoms with Crippen molar-refractivity contribution in [2.45, 2.75) is 13.5 Å². The third kappa shape index (κ3) is 3.24. The second-order valence-electron chi connectivity index (χ2n) is 6.66. The Morgan fingerprint density at radius 3 is 2.46 bits per heavy atom. The Morgan fingerprint density at radius 2 is 1.73 bits per heavy atom. The molecule has 26 heavy (non-hydrogen) atoms. The normalized spacial score (nSPS) is 15.6. The number of halogens is 2. The maximum atomic E-state index is 14.2. The van der Waals surface area contributed by atoms with Gasteiger partial charge in [0.25, 0.3) is 0 Å². The quantitative estimate of drug-likeness (QED) is 0.720. The fourth-order valence-electron chi connectivity index (χ4n) is 3.50. The van der Waals surface area contributed by atoms with Gasteiger partial charge < -0.3 is 4.90 Å². The van der Waals surface area contributed by atoms with E-state index in [2.05, 4.69) is 19.8 Å². The molecule has 1 saturated heterocycles. The van der Waals surface area contributed by atoms with Crippen LogP contribution in [0.15, 0.2) is 42.7 Å². The van der Waals surface area contributed by atoms with Crippen LogP contribution in [0.1, 0.15) is 11.3 Å². The van der Waals surface area contributed by atoms with E-state index in [-0.39, 0.29) is 5.52 Å². The zero-order valence-corrected chi connectivity index (χ0v) is 14.6. The number of nitrogens with zero attached hydrogens (tertiary/aromatic N) is 4. The van der Waals surface area contributed by atoms with Gasteiger partial charge in [0.2, 0.25) is 0 Å². The van der Waals surface area contributed by atoms with Gasteiger partial charge in [0.1, 0.15) is 5.52 Å². The Kier molecular flexibility index (Phi) is 4.51. The second-order valence-corrected chi connectivity index (χ2v) is 6.66. The van der Waals surface area contributed by atoms with Gasteiger partial charge in [-0.25, -0.2) is 13.8 Å². The topological polar surface area (TPSA) is 32.3 Å². The predicted octanol–water partition coefficient (Wildman–Crippen LogP) is 3.54. The van der Waals surface area contributed by atoms with Gasteiger partial charge in [-0.3, -0.25) is 9.88 Å². The molecule has 0 atom stereocenters. The Hall–Kier alpha value is -2.60. The summed E-state index contributed by atoms with van der Waals surface area (Å²) in [6.07, 6.45) is 3.62. The molecule has 0 radical (unpaired) electrons.